The number of halogens is 1. The topological polar surface area (TPSA) is 38.3 Å². The number of carbonyl (C=O) groups excluding carboxylic acids is 1. The maximum absolute atomic E-state index is 12.7. The molecule has 0 aromatic heterocycles. The van der Waals surface area contributed by atoms with Crippen molar-refractivity contribution in [2.24, 2.45) is 5.92 Å². The van der Waals surface area contributed by atoms with Gasteiger partial charge in [-0.15, -0.1) is 0 Å². The summed E-state index contributed by atoms with van der Waals surface area (Å²) in [5.41, 5.74) is 0.528. The van der Waals surface area contributed by atoms with Gasteiger partial charge in [0.05, 0.1) is 5.92 Å². The quantitative estimate of drug-likeness (QED) is 0.834. The van der Waals surface area contributed by atoms with Crippen LogP contribution >= 0.6 is 0 Å². The number of rotatable bonds is 5. The number of esters is 1. The lowest BCUT2D eigenvalue weighted by Gasteiger charge is -2.22. The van der Waals surface area contributed by atoms with E-state index < -0.39 is 5.60 Å². The molecular formula is C15H22FNO2. The van der Waals surface area contributed by atoms with Gasteiger partial charge in [0, 0.05) is 13.1 Å². The molecule has 0 bridgehead atoms. The van der Waals surface area contributed by atoms with Crippen LogP contribution in [0.4, 0.5) is 4.39 Å². The van der Waals surface area contributed by atoms with E-state index in [0.717, 1.165) is 5.56 Å². The first kappa shape index (κ1) is 15.6. The Morgan fingerprint density at radius 2 is 1.89 bits per heavy atom. The van der Waals surface area contributed by atoms with Crippen LogP contribution in [0.15, 0.2) is 24.3 Å². The van der Waals surface area contributed by atoms with Crippen molar-refractivity contribution in [3.05, 3.63) is 35.6 Å². The summed E-state index contributed by atoms with van der Waals surface area (Å²) in [6, 6.07) is 6.30. The van der Waals surface area contributed by atoms with E-state index in [0.29, 0.717) is 13.1 Å². The van der Waals surface area contributed by atoms with Gasteiger partial charge in [-0.2, -0.15) is 0 Å². The van der Waals surface area contributed by atoms with Crippen molar-refractivity contribution in [3.8, 4) is 0 Å². The summed E-state index contributed by atoms with van der Waals surface area (Å²) in [7, 11) is 0. The maximum atomic E-state index is 12.7. The number of hydrogen-bond donors (Lipinski definition) is 1. The highest BCUT2D eigenvalue weighted by Crippen LogP contribution is 2.11. The van der Waals surface area contributed by atoms with Crippen molar-refractivity contribution >= 4 is 5.97 Å². The molecule has 0 fully saturated rings. The van der Waals surface area contributed by atoms with Crippen LogP contribution in [-0.2, 0) is 16.1 Å². The minimum atomic E-state index is -0.456. The van der Waals surface area contributed by atoms with Crippen LogP contribution in [0.25, 0.3) is 0 Å². The van der Waals surface area contributed by atoms with Gasteiger partial charge in [-0.3, -0.25) is 4.79 Å². The maximum Gasteiger partial charge on any atom is 0.310 e. The van der Waals surface area contributed by atoms with Crippen molar-refractivity contribution in [2.75, 3.05) is 6.54 Å². The van der Waals surface area contributed by atoms with Gasteiger partial charge in [0.1, 0.15) is 11.4 Å². The average molecular weight is 267 g/mol. The summed E-state index contributed by atoms with van der Waals surface area (Å²) in [6.45, 7) is 8.52. The van der Waals surface area contributed by atoms with Crippen LogP contribution in [-0.4, -0.2) is 18.1 Å². The fourth-order valence-corrected chi connectivity index (χ4v) is 1.52. The summed E-state index contributed by atoms with van der Waals surface area (Å²) in [5.74, 6) is -0.662. The molecule has 0 heterocycles. The van der Waals surface area contributed by atoms with E-state index in [4.69, 9.17) is 4.74 Å². The Hall–Kier alpha value is -1.42. The molecule has 0 aliphatic heterocycles. The van der Waals surface area contributed by atoms with Gasteiger partial charge in [0.15, 0.2) is 0 Å². The zero-order chi connectivity index (χ0) is 14.5. The van der Waals surface area contributed by atoms with Crippen molar-refractivity contribution in [1.82, 2.24) is 5.32 Å². The van der Waals surface area contributed by atoms with E-state index in [1.807, 2.05) is 27.7 Å². The molecule has 1 aromatic rings. The minimum Gasteiger partial charge on any atom is -0.460 e. The summed E-state index contributed by atoms with van der Waals surface area (Å²) < 4.78 is 18.0. The van der Waals surface area contributed by atoms with E-state index in [-0.39, 0.29) is 17.7 Å². The van der Waals surface area contributed by atoms with E-state index in [2.05, 4.69) is 5.32 Å². The third-order valence-corrected chi connectivity index (χ3v) is 2.50. The second-order valence-corrected chi connectivity index (χ2v) is 5.69. The Kier molecular flexibility index (Phi) is 5.48. The minimum absolute atomic E-state index is 0.209. The summed E-state index contributed by atoms with van der Waals surface area (Å²) >= 11 is 0. The molecule has 0 saturated carbocycles. The molecule has 1 aromatic carbocycles. The van der Waals surface area contributed by atoms with Gasteiger partial charge in [-0.05, 0) is 38.5 Å². The zero-order valence-corrected chi connectivity index (χ0v) is 12.0. The number of ether oxygens (including phenoxy) is 1. The second-order valence-electron chi connectivity index (χ2n) is 5.69. The smallest absolute Gasteiger partial charge is 0.310 e. The molecule has 0 amide bonds. The van der Waals surface area contributed by atoms with Gasteiger partial charge in [0.25, 0.3) is 0 Å². The summed E-state index contributed by atoms with van der Waals surface area (Å²) in [4.78, 5) is 11.7. The van der Waals surface area contributed by atoms with Crippen LogP contribution in [0.1, 0.15) is 33.3 Å². The molecule has 0 aliphatic carbocycles. The van der Waals surface area contributed by atoms with Gasteiger partial charge in [0.2, 0.25) is 0 Å². The SMILES string of the molecule is CC(CNCc1ccc(F)cc1)C(=O)OC(C)(C)C. The molecule has 1 atom stereocenters. The molecule has 0 saturated heterocycles. The largest absolute Gasteiger partial charge is 0.460 e. The number of carbonyl (C=O) groups is 1. The standard InChI is InChI=1S/C15H22FNO2/c1-11(14(18)19-15(2,3)4)9-17-10-12-5-7-13(16)8-6-12/h5-8,11,17H,9-10H2,1-4H3. The van der Waals surface area contributed by atoms with Crippen molar-refractivity contribution in [3.63, 3.8) is 0 Å². The lowest BCUT2D eigenvalue weighted by molar-refractivity contribution is -0.159. The number of benzene rings is 1. The number of hydrogen-bond acceptors (Lipinski definition) is 3. The lowest BCUT2D eigenvalue weighted by atomic mass is 10.1. The van der Waals surface area contributed by atoms with E-state index in [9.17, 15) is 9.18 Å². The highest BCUT2D eigenvalue weighted by molar-refractivity contribution is 5.72. The van der Waals surface area contributed by atoms with Crippen LogP contribution in [0.3, 0.4) is 0 Å². The van der Waals surface area contributed by atoms with Crippen LogP contribution in [0.2, 0.25) is 0 Å². The molecule has 1 N–H and O–H groups in total. The lowest BCUT2D eigenvalue weighted by Crippen LogP contribution is -2.32. The van der Waals surface area contributed by atoms with Crippen molar-refractivity contribution < 1.29 is 13.9 Å². The van der Waals surface area contributed by atoms with Gasteiger partial charge < -0.3 is 10.1 Å². The third kappa shape index (κ3) is 6.34. The molecule has 0 aliphatic rings. The van der Waals surface area contributed by atoms with E-state index in [1.165, 1.54) is 12.1 Å². The summed E-state index contributed by atoms with van der Waals surface area (Å²) in [5, 5.41) is 3.16. The van der Waals surface area contributed by atoms with Gasteiger partial charge >= 0.3 is 5.97 Å². The summed E-state index contributed by atoms with van der Waals surface area (Å²) in [6.07, 6.45) is 0. The van der Waals surface area contributed by atoms with Gasteiger partial charge in [-0.1, -0.05) is 19.1 Å². The van der Waals surface area contributed by atoms with Crippen molar-refractivity contribution in [2.45, 2.75) is 39.8 Å². The Labute approximate surface area is 114 Å². The van der Waals surface area contributed by atoms with Crippen LogP contribution in [0.5, 0.6) is 0 Å². The highest BCUT2D eigenvalue weighted by Gasteiger charge is 2.21. The molecule has 19 heavy (non-hydrogen) atoms. The first-order valence-corrected chi connectivity index (χ1v) is 6.46. The monoisotopic (exact) mass is 267 g/mol. The van der Waals surface area contributed by atoms with E-state index >= 15 is 0 Å². The molecule has 0 radical (unpaired) electrons. The molecule has 106 valence electrons. The fraction of sp³-hybridized carbons (Fsp3) is 0.533. The number of nitrogens with one attached hydrogen (secondary N) is 1. The van der Waals surface area contributed by atoms with Gasteiger partial charge in [-0.25, -0.2) is 4.39 Å². The zero-order valence-electron chi connectivity index (χ0n) is 12.0. The normalized spacial score (nSPS) is 13.1. The first-order valence-electron chi connectivity index (χ1n) is 6.46. The molecular weight excluding hydrogens is 245 g/mol. The fourth-order valence-electron chi connectivity index (χ4n) is 1.52. The Morgan fingerprint density at radius 3 is 2.42 bits per heavy atom. The highest BCUT2D eigenvalue weighted by atomic mass is 19.1. The predicted molar refractivity (Wildman–Crippen MR) is 73.1 cm³/mol. The average Bonchev–Trinajstić information content (AvgIpc) is 2.29. The molecule has 1 unspecified atom stereocenters. The Bertz CT molecular complexity index is 409. The van der Waals surface area contributed by atoms with E-state index in [1.54, 1.807) is 12.1 Å². The molecule has 0 spiro atoms. The van der Waals surface area contributed by atoms with Crippen LogP contribution < -0.4 is 5.32 Å². The molecule has 4 heteroatoms. The second kappa shape index (κ2) is 6.66. The Balaban J connectivity index is 2.32. The molecule has 1 rings (SSSR count). The van der Waals surface area contributed by atoms with Crippen molar-refractivity contribution in [1.29, 1.82) is 0 Å². The third-order valence-electron chi connectivity index (χ3n) is 2.50. The van der Waals surface area contributed by atoms with Crippen LogP contribution in [0, 0.1) is 11.7 Å². The Morgan fingerprint density at radius 1 is 1.32 bits per heavy atom. The molecule has 3 nitrogen and oxygen atoms in total. The first-order chi connectivity index (χ1) is 8.78. The predicted octanol–water partition coefficient (Wildman–Crippen LogP) is 2.89.